The van der Waals surface area contributed by atoms with Crippen molar-refractivity contribution < 1.29 is 4.92 Å². The average molecular weight is 328 g/mol. The highest BCUT2D eigenvalue weighted by molar-refractivity contribution is 9.11. The lowest BCUT2D eigenvalue weighted by Crippen LogP contribution is -2.01. The first kappa shape index (κ1) is 13.0. The standard InChI is InChI=1S/C11H10BrN3O2S/c1-7-4-11(14-6-9(7)15(16)17)13-5-8-2-3-10(12)18-8/h2-4,6H,5H2,1H3,(H,13,14). The summed E-state index contributed by atoms with van der Waals surface area (Å²) in [7, 11) is 0. The summed E-state index contributed by atoms with van der Waals surface area (Å²) >= 11 is 5.03. The van der Waals surface area contributed by atoms with Gasteiger partial charge in [0.15, 0.2) is 0 Å². The highest BCUT2D eigenvalue weighted by atomic mass is 79.9. The fourth-order valence-corrected chi connectivity index (χ4v) is 2.88. The first-order chi connectivity index (χ1) is 8.56. The molecule has 0 aliphatic heterocycles. The topological polar surface area (TPSA) is 68.1 Å². The lowest BCUT2D eigenvalue weighted by molar-refractivity contribution is -0.385. The number of aryl methyl sites for hydroxylation is 1. The molecule has 2 heterocycles. The van der Waals surface area contributed by atoms with Gasteiger partial charge in [0.1, 0.15) is 12.0 Å². The summed E-state index contributed by atoms with van der Waals surface area (Å²) in [6.45, 7) is 2.35. The zero-order chi connectivity index (χ0) is 13.1. The largest absolute Gasteiger partial charge is 0.365 e. The summed E-state index contributed by atoms with van der Waals surface area (Å²) in [5, 5.41) is 13.8. The Morgan fingerprint density at radius 2 is 2.33 bits per heavy atom. The molecule has 0 unspecified atom stereocenters. The molecule has 0 aliphatic rings. The molecule has 0 aromatic carbocycles. The third kappa shape index (κ3) is 3.05. The average Bonchev–Trinajstić information content (AvgIpc) is 2.72. The molecule has 18 heavy (non-hydrogen) atoms. The van der Waals surface area contributed by atoms with Crippen LogP contribution in [-0.2, 0) is 6.54 Å². The Balaban J connectivity index is 2.06. The van der Waals surface area contributed by atoms with Crippen LogP contribution in [0.2, 0.25) is 0 Å². The van der Waals surface area contributed by atoms with E-state index < -0.39 is 4.92 Å². The Hall–Kier alpha value is -1.47. The van der Waals surface area contributed by atoms with E-state index in [1.54, 1.807) is 24.3 Å². The van der Waals surface area contributed by atoms with Gasteiger partial charge in [0.05, 0.1) is 15.3 Å². The van der Waals surface area contributed by atoms with Crippen LogP contribution in [0, 0.1) is 17.0 Å². The van der Waals surface area contributed by atoms with Gasteiger partial charge in [0, 0.05) is 10.4 Å². The Bertz CT molecular complexity index is 585. The number of aromatic nitrogens is 1. The SMILES string of the molecule is Cc1cc(NCc2ccc(Br)s2)ncc1[N+](=O)[O-]. The van der Waals surface area contributed by atoms with E-state index in [0.717, 1.165) is 3.79 Å². The molecule has 0 aliphatic carbocycles. The van der Waals surface area contributed by atoms with Gasteiger partial charge in [0.2, 0.25) is 0 Å². The molecule has 2 aromatic heterocycles. The summed E-state index contributed by atoms with van der Waals surface area (Å²) in [5.74, 6) is 0.641. The minimum atomic E-state index is -0.428. The van der Waals surface area contributed by atoms with Crippen LogP contribution in [0.15, 0.2) is 28.2 Å². The summed E-state index contributed by atoms with van der Waals surface area (Å²) in [5.41, 5.74) is 0.643. The predicted octanol–water partition coefficient (Wildman–Crippen LogP) is 3.73. The maximum atomic E-state index is 10.7. The van der Waals surface area contributed by atoms with E-state index in [0.29, 0.717) is 17.9 Å². The van der Waals surface area contributed by atoms with E-state index in [1.807, 2.05) is 12.1 Å². The quantitative estimate of drug-likeness (QED) is 0.686. The second-order valence-corrected chi connectivity index (χ2v) is 6.22. The van der Waals surface area contributed by atoms with Gasteiger partial charge < -0.3 is 5.32 Å². The van der Waals surface area contributed by atoms with Crippen molar-refractivity contribution in [2.75, 3.05) is 5.32 Å². The molecule has 0 amide bonds. The number of rotatable bonds is 4. The van der Waals surface area contributed by atoms with Crippen LogP contribution in [0.5, 0.6) is 0 Å². The smallest absolute Gasteiger partial charge is 0.290 e. The summed E-state index contributed by atoms with van der Waals surface area (Å²) in [6.07, 6.45) is 1.28. The monoisotopic (exact) mass is 327 g/mol. The first-order valence-corrected chi connectivity index (χ1v) is 6.76. The number of thiophene rings is 1. The van der Waals surface area contributed by atoms with Crippen molar-refractivity contribution in [2.45, 2.75) is 13.5 Å². The summed E-state index contributed by atoms with van der Waals surface area (Å²) in [4.78, 5) is 15.4. The Morgan fingerprint density at radius 3 is 2.89 bits per heavy atom. The minimum Gasteiger partial charge on any atom is -0.365 e. The van der Waals surface area contributed by atoms with Gasteiger partial charge in [-0.2, -0.15) is 0 Å². The Labute approximate surface area is 116 Å². The van der Waals surface area contributed by atoms with Gasteiger partial charge in [-0.1, -0.05) is 0 Å². The molecule has 0 saturated carbocycles. The minimum absolute atomic E-state index is 0.0411. The second-order valence-electron chi connectivity index (χ2n) is 3.67. The van der Waals surface area contributed by atoms with Crippen molar-refractivity contribution in [1.82, 2.24) is 4.98 Å². The van der Waals surface area contributed by atoms with E-state index in [1.165, 1.54) is 11.1 Å². The second kappa shape index (κ2) is 5.45. The van der Waals surface area contributed by atoms with Crippen molar-refractivity contribution in [2.24, 2.45) is 0 Å². The number of anilines is 1. The lowest BCUT2D eigenvalue weighted by Gasteiger charge is -2.04. The van der Waals surface area contributed by atoms with Crippen LogP contribution >= 0.6 is 27.3 Å². The fourth-order valence-electron chi connectivity index (χ4n) is 1.46. The van der Waals surface area contributed by atoms with Crippen molar-refractivity contribution in [3.05, 3.63) is 48.7 Å². The maximum Gasteiger partial charge on any atom is 0.290 e. The molecule has 0 fully saturated rings. The molecule has 7 heteroatoms. The van der Waals surface area contributed by atoms with Crippen LogP contribution in [-0.4, -0.2) is 9.91 Å². The van der Waals surface area contributed by atoms with E-state index in [2.05, 4.69) is 26.2 Å². The molecule has 0 spiro atoms. The molecule has 2 aromatic rings. The number of nitro groups is 1. The van der Waals surface area contributed by atoms with Gasteiger partial charge in [-0.25, -0.2) is 4.98 Å². The molecule has 0 bridgehead atoms. The lowest BCUT2D eigenvalue weighted by atomic mass is 10.2. The zero-order valence-corrected chi connectivity index (χ0v) is 11.9. The van der Waals surface area contributed by atoms with Crippen LogP contribution in [0.1, 0.15) is 10.4 Å². The third-order valence-corrected chi connectivity index (χ3v) is 3.98. The number of nitrogens with zero attached hydrogens (tertiary/aromatic N) is 2. The van der Waals surface area contributed by atoms with Crippen molar-refractivity contribution >= 4 is 38.8 Å². The van der Waals surface area contributed by atoms with Crippen LogP contribution in [0.3, 0.4) is 0 Å². The molecule has 0 saturated heterocycles. The summed E-state index contributed by atoms with van der Waals surface area (Å²) in [6, 6.07) is 5.68. The number of nitrogens with one attached hydrogen (secondary N) is 1. The van der Waals surface area contributed by atoms with E-state index in [-0.39, 0.29) is 5.69 Å². The van der Waals surface area contributed by atoms with Gasteiger partial charge in [0.25, 0.3) is 5.69 Å². The number of hydrogen-bond acceptors (Lipinski definition) is 5. The van der Waals surface area contributed by atoms with Crippen LogP contribution < -0.4 is 5.32 Å². The van der Waals surface area contributed by atoms with Gasteiger partial charge in [-0.3, -0.25) is 10.1 Å². The van der Waals surface area contributed by atoms with E-state index >= 15 is 0 Å². The fraction of sp³-hybridized carbons (Fsp3) is 0.182. The molecule has 0 atom stereocenters. The summed E-state index contributed by atoms with van der Waals surface area (Å²) < 4.78 is 1.08. The van der Waals surface area contributed by atoms with Crippen LogP contribution in [0.25, 0.3) is 0 Å². The number of halogens is 1. The first-order valence-electron chi connectivity index (χ1n) is 5.15. The molecule has 5 nitrogen and oxygen atoms in total. The molecular formula is C11H10BrN3O2S. The molecule has 1 N–H and O–H groups in total. The Morgan fingerprint density at radius 1 is 1.56 bits per heavy atom. The highest BCUT2D eigenvalue weighted by Gasteiger charge is 2.11. The molecule has 0 radical (unpaired) electrons. The normalized spacial score (nSPS) is 10.3. The third-order valence-electron chi connectivity index (χ3n) is 2.35. The van der Waals surface area contributed by atoms with E-state index in [4.69, 9.17) is 0 Å². The molecular weight excluding hydrogens is 318 g/mol. The molecule has 2 rings (SSSR count). The van der Waals surface area contributed by atoms with Gasteiger partial charge in [-0.05, 0) is 41.1 Å². The maximum absolute atomic E-state index is 10.7. The molecule has 94 valence electrons. The highest BCUT2D eigenvalue weighted by Crippen LogP contribution is 2.23. The van der Waals surface area contributed by atoms with Crippen LogP contribution in [0.4, 0.5) is 11.5 Å². The van der Waals surface area contributed by atoms with Crippen molar-refractivity contribution in [1.29, 1.82) is 0 Å². The number of pyridine rings is 1. The van der Waals surface area contributed by atoms with Crippen molar-refractivity contribution in [3.63, 3.8) is 0 Å². The van der Waals surface area contributed by atoms with Gasteiger partial charge >= 0.3 is 0 Å². The van der Waals surface area contributed by atoms with Gasteiger partial charge in [-0.15, -0.1) is 11.3 Å². The van der Waals surface area contributed by atoms with E-state index in [9.17, 15) is 10.1 Å². The zero-order valence-electron chi connectivity index (χ0n) is 9.51. The predicted molar refractivity (Wildman–Crippen MR) is 75.0 cm³/mol. The number of hydrogen-bond donors (Lipinski definition) is 1. The van der Waals surface area contributed by atoms with Crippen molar-refractivity contribution in [3.8, 4) is 0 Å². The Kier molecular flexibility index (Phi) is 3.93.